The predicted molar refractivity (Wildman–Crippen MR) is 81.0 cm³/mol. The number of ether oxygens (including phenoxy) is 2. The van der Waals surface area contributed by atoms with E-state index in [1.807, 2.05) is 31.3 Å². The van der Waals surface area contributed by atoms with Crippen LogP contribution in [0.5, 0.6) is 11.6 Å². The van der Waals surface area contributed by atoms with Crippen LogP contribution in [0.3, 0.4) is 0 Å². The lowest BCUT2D eigenvalue weighted by molar-refractivity contribution is -0.0427. The Morgan fingerprint density at radius 1 is 1.32 bits per heavy atom. The Bertz CT molecular complexity index is 630. The topological polar surface area (TPSA) is 75.1 Å². The van der Waals surface area contributed by atoms with Crippen LogP contribution < -0.4 is 14.4 Å². The summed E-state index contributed by atoms with van der Waals surface area (Å²) in [7, 11) is 2.02. The van der Waals surface area contributed by atoms with Crippen LogP contribution in [0.1, 0.15) is 11.9 Å². The smallest absolute Gasteiger partial charge is 0.213 e. The van der Waals surface area contributed by atoms with E-state index in [9.17, 15) is 0 Å². The largest absolute Gasteiger partial charge is 0.483 e. The van der Waals surface area contributed by atoms with Crippen LogP contribution >= 0.6 is 0 Å². The van der Waals surface area contributed by atoms with Crippen molar-refractivity contribution in [3.63, 3.8) is 0 Å². The average Bonchev–Trinajstić information content (AvgIpc) is 2.53. The van der Waals surface area contributed by atoms with Gasteiger partial charge in [0.15, 0.2) is 12.4 Å². The molecule has 6 nitrogen and oxygen atoms in total. The lowest BCUT2D eigenvalue weighted by Crippen LogP contribution is -2.41. The molecule has 0 unspecified atom stereocenters. The number of pyridine rings is 1. The molecule has 0 saturated heterocycles. The fourth-order valence-corrected chi connectivity index (χ4v) is 2.39. The number of nitrogens with zero attached hydrogens (tertiary/aromatic N) is 2. The van der Waals surface area contributed by atoms with Crippen molar-refractivity contribution in [1.82, 2.24) is 4.98 Å². The van der Waals surface area contributed by atoms with Gasteiger partial charge in [0, 0.05) is 24.9 Å². The van der Waals surface area contributed by atoms with Gasteiger partial charge >= 0.3 is 0 Å². The molecular weight excluding hydrogens is 284 g/mol. The maximum Gasteiger partial charge on any atom is 0.213 e. The number of hydrogen-bond donors (Lipinski definition) is 2. The molecule has 0 saturated carbocycles. The van der Waals surface area contributed by atoms with E-state index in [1.165, 1.54) is 6.20 Å². The second-order valence-corrected chi connectivity index (χ2v) is 5.20. The maximum atomic E-state index is 9.02. The van der Waals surface area contributed by atoms with Gasteiger partial charge < -0.3 is 24.6 Å². The van der Waals surface area contributed by atoms with Crippen LogP contribution in [0, 0.1) is 0 Å². The molecular formula is C16H18N2O4. The van der Waals surface area contributed by atoms with E-state index in [-0.39, 0.29) is 6.10 Å². The first-order valence-electron chi connectivity index (χ1n) is 7.05. The Balaban J connectivity index is 1.61. The Morgan fingerprint density at radius 2 is 2.14 bits per heavy atom. The summed E-state index contributed by atoms with van der Waals surface area (Å²) in [5, 5.41) is 18.0. The number of rotatable bonds is 4. The van der Waals surface area contributed by atoms with Crippen molar-refractivity contribution in [3.8, 4) is 11.6 Å². The van der Waals surface area contributed by atoms with Gasteiger partial charge in [-0.05, 0) is 18.2 Å². The van der Waals surface area contributed by atoms with E-state index in [0.29, 0.717) is 18.1 Å². The van der Waals surface area contributed by atoms with Crippen LogP contribution in [0.15, 0.2) is 42.6 Å². The Kier molecular flexibility index (Phi) is 4.13. The molecule has 116 valence electrons. The van der Waals surface area contributed by atoms with E-state index in [4.69, 9.17) is 19.7 Å². The van der Waals surface area contributed by atoms with Crippen LogP contribution in [0.2, 0.25) is 0 Å². The Labute approximate surface area is 128 Å². The summed E-state index contributed by atoms with van der Waals surface area (Å²) in [6.45, 7) is 1.09. The highest BCUT2D eigenvalue weighted by Gasteiger charge is 2.23. The third-order valence-corrected chi connectivity index (χ3v) is 3.52. The highest BCUT2D eigenvalue weighted by Crippen LogP contribution is 2.31. The van der Waals surface area contributed by atoms with Gasteiger partial charge in [-0.1, -0.05) is 12.1 Å². The second-order valence-electron chi connectivity index (χ2n) is 5.20. The van der Waals surface area contributed by atoms with Crippen molar-refractivity contribution in [2.45, 2.75) is 12.4 Å². The molecule has 2 heterocycles. The zero-order valence-electron chi connectivity index (χ0n) is 12.2. The monoisotopic (exact) mass is 302 g/mol. The van der Waals surface area contributed by atoms with Gasteiger partial charge in [-0.15, -0.1) is 0 Å². The summed E-state index contributed by atoms with van der Waals surface area (Å²) in [5.74, 6) is 1.27. The summed E-state index contributed by atoms with van der Waals surface area (Å²) < 4.78 is 11.5. The quantitative estimate of drug-likeness (QED) is 0.830. The molecule has 0 amide bonds. The van der Waals surface area contributed by atoms with Crippen LogP contribution in [-0.4, -0.2) is 41.5 Å². The third-order valence-electron chi connectivity index (χ3n) is 3.52. The molecule has 0 fully saturated rings. The van der Waals surface area contributed by atoms with Gasteiger partial charge in [-0.3, -0.25) is 0 Å². The van der Waals surface area contributed by atoms with Gasteiger partial charge in [0.2, 0.25) is 5.88 Å². The lowest BCUT2D eigenvalue weighted by Gasteiger charge is -2.33. The number of hydrogen-bond acceptors (Lipinski definition) is 6. The number of para-hydroxylation sites is 2. The third kappa shape index (κ3) is 3.13. The summed E-state index contributed by atoms with van der Waals surface area (Å²) in [6, 6.07) is 11.1. The minimum Gasteiger partial charge on any atom is -0.483 e. The first-order valence-corrected chi connectivity index (χ1v) is 7.05. The molecule has 2 N–H and O–H groups in total. The number of aliphatic hydroxyl groups excluding tert-OH is 1. The number of benzene rings is 1. The first-order chi connectivity index (χ1) is 10.6. The van der Waals surface area contributed by atoms with Gasteiger partial charge in [-0.2, -0.15) is 0 Å². The molecule has 1 aromatic heterocycles. The lowest BCUT2D eigenvalue weighted by atomic mass is 10.2. The predicted octanol–water partition coefficient (Wildman–Crippen LogP) is 1.34. The average molecular weight is 302 g/mol. The van der Waals surface area contributed by atoms with E-state index in [2.05, 4.69) is 9.88 Å². The second kappa shape index (κ2) is 6.21. The minimum absolute atomic E-state index is 0.0928. The van der Waals surface area contributed by atoms with Crippen LogP contribution in [0.25, 0.3) is 0 Å². The molecule has 6 heteroatoms. The molecule has 1 aliphatic rings. The van der Waals surface area contributed by atoms with Crippen molar-refractivity contribution >= 4 is 5.69 Å². The molecule has 0 aliphatic carbocycles. The molecule has 3 rings (SSSR count). The number of aliphatic hydroxyl groups is 2. The van der Waals surface area contributed by atoms with Crippen molar-refractivity contribution in [3.05, 3.63) is 48.2 Å². The van der Waals surface area contributed by atoms with Gasteiger partial charge in [0.25, 0.3) is 0 Å². The van der Waals surface area contributed by atoms with Crippen molar-refractivity contribution in [1.29, 1.82) is 0 Å². The number of fused-ring (bicyclic) bond motifs is 1. The highest BCUT2D eigenvalue weighted by molar-refractivity contribution is 5.59. The fraction of sp³-hybridized carbons (Fsp3) is 0.312. The Hall–Kier alpha value is -2.31. The molecule has 0 radical (unpaired) electrons. The molecule has 0 bridgehead atoms. The summed E-state index contributed by atoms with van der Waals surface area (Å²) in [4.78, 5) is 6.17. The zero-order chi connectivity index (χ0) is 15.5. The van der Waals surface area contributed by atoms with Gasteiger partial charge in [0.05, 0.1) is 12.2 Å². The van der Waals surface area contributed by atoms with E-state index >= 15 is 0 Å². The van der Waals surface area contributed by atoms with Gasteiger partial charge in [0.1, 0.15) is 12.4 Å². The number of anilines is 1. The fourth-order valence-electron chi connectivity index (χ4n) is 2.39. The molecule has 1 atom stereocenters. The van der Waals surface area contributed by atoms with Gasteiger partial charge in [-0.25, -0.2) is 4.98 Å². The highest BCUT2D eigenvalue weighted by atomic mass is 16.5. The van der Waals surface area contributed by atoms with Crippen LogP contribution in [-0.2, 0) is 0 Å². The maximum absolute atomic E-state index is 9.02. The molecule has 0 spiro atoms. The summed E-state index contributed by atoms with van der Waals surface area (Å²) in [5.41, 5.74) is 1.40. The zero-order valence-corrected chi connectivity index (χ0v) is 12.2. The minimum atomic E-state index is -1.52. The normalized spacial score (nSPS) is 17.1. The number of aromatic nitrogens is 1. The van der Waals surface area contributed by atoms with E-state index in [1.54, 1.807) is 12.1 Å². The van der Waals surface area contributed by atoms with E-state index in [0.717, 1.165) is 18.0 Å². The molecule has 22 heavy (non-hydrogen) atoms. The standard InChI is InChI=1S/C16H18N2O4/c1-18-9-12(22-14-5-3-2-4-13(14)18)10-21-15-7-6-11(8-17-15)16(19)20/h2-8,12,16,19-20H,9-10H2,1H3/t12-/m0/s1. The van der Waals surface area contributed by atoms with Crippen LogP contribution in [0.4, 0.5) is 5.69 Å². The van der Waals surface area contributed by atoms with Crippen molar-refractivity contribution in [2.24, 2.45) is 0 Å². The number of likely N-dealkylation sites (N-methyl/N-ethyl adjacent to an activating group) is 1. The first kappa shape index (κ1) is 14.6. The Morgan fingerprint density at radius 3 is 2.86 bits per heavy atom. The van der Waals surface area contributed by atoms with Crippen molar-refractivity contribution < 1.29 is 19.7 Å². The summed E-state index contributed by atoms with van der Waals surface area (Å²) >= 11 is 0. The molecule has 2 aromatic rings. The molecule has 1 aliphatic heterocycles. The van der Waals surface area contributed by atoms with E-state index < -0.39 is 6.29 Å². The van der Waals surface area contributed by atoms with Crippen molar-refractivity contribution in [2.75, 3.05) is 25.1 Å². The summed E-state index contributed by atoms with van der Waals surface area (Å²) in [6.07, 6.45) is -0.235. The molecule has 1 aromatic carbocycles. The SMILES string of the molecule is CN1C[C@@H](COc2ccc(C(O)O)cn2)Oc2ccccc21.